The number of anilines is 1. The van der Waals surface area contributed by atoms with Crippen molar-refractivity contribution in [3.63, 3.8) is 0 Å². The first-order valence-electron chi connectivity index (χ1n) is 6.92. The average molecular weight is 305 g/mol. The van der Waals surface area contributed by atoms with E-state index in [1.807, 2.05) is 25.1 Å². The molecule has 110 valence electrons. The van der Waals surface area contributed by atoms with Crippen LogP contribution < -0.4 is 10.2 Å². The van der Waals surface area contributed by atoms with E-state index in [-0.39, 0.29) is 11.9 Å². The quantitative estimate of drug-likeness (QED) is 0.911. The molecule has 2 N–H and O–H groups in total. The minimum Gasteiger partial charge on any atom is -0.309 e. The van der Waals surface area contributed by atoms with E-state index in [9.17, 15) is 4.79 Å². The fourth-order valence-electron chi connectivity index (χ4n) is 2.55. The Morgan fingerprint density at radius 2 is 2.29 bits per heavy atom. The van der Waals surface area contributed by atoms with Gasteiger partial charge in [-0.3, -0.25) is 9.89 Å². The van der Waals surface area contributed by atoms with Crippen molar-refractivity contribution in [2.75, 3.05) is 11.4 Å². The van der Waals surface area contributed by atoms with Crippen LogP contribution >= 0.6 is 11.6 Å². The van der Waals surface area contributed by atoms with Gasteiger partial charge in [-0.25, -0.2) is 0 Å². The van der Waals surface area contributed by atoms with Crippen molar-refractivity contribution >= 4 is 23.2 Å². The molecule has 1 aliphatic rings. The molecule has 0 aliphatic carbocycles. The smallest absolute Gasteiger partial charge is 0.228 e. The third-order valence-electron chi connectivity index (χ3n) is 3.77. The van der Waals surface area contributed by atoms with Gasteiger partial charge in [0.2, 0.25) is 5.91 Å². The third-order valence-corrected chi connectivity index (χ3v) is 4.09. The molecule has 0 bridgehead atoms. The van der Waals surface area contributed by atoms with Gasteiger partial charge in [-0.2, -0.15) is 5.10 Å². The van der Waals surface area contributed by atoms with E-state index in [1.165, 1.54) is 0 Å². The molecule has 1 aliphatic heterocycles. The Kier molecular flexibility index (Phi) is 3.94. The van der Waals surface area contributed by atoms with Crippen LogP contribution in [0.2, 0.25) is 5.02 Å². The van der Waals surface area contributed by atoms with E-state index < -0.39 is 0 Å². The van der Waals surface area contributed by atoms with Gasteiger partial charge in [0, 0.05) is 25.6 Å². The summed E-state index contributed by atoms with van der Waals surface area (Å²) < 4.78 is 0. The monoisotopic (exact) mass is 304 g/mol. The third kappa shape index (κ3) is 2.94. The lowest BCUT2D eigenvalue weighted by atomic mass is 10.2. The number of para-hydroxylation sites is 1. The SMILES string of the molecule is Cc1cn[nH]c1CNC1CC(=O)N(c2ccccc2Cl)C1. The van der Waals surface area contributed by atoms with Crippen LogP contribution in [0.4, 0.5) is 5.69 Å². The summed E-state index contributed by atoms with van der Waals surface area (Å²) >= 11 is 6.17. The summed E-state index contributed by atoms with van der Waals surface area (Å²) in [7, 11) is 0. The van der Waals surface area contributed by atoms with Gasteiger partial charge in [0.15, 0.2) is 0 Å². The number of aryl methyl sites for hydroxylation is 1. The number of benzene rings is 1. The van der Waals surface area contributed by atoms with E-state index in [1.54, 1.807) is 17.2 Å². The molecule has 1 aromatic carbocycles. The van der Waals surface area contributed by atoms with Gasteiger partial charge in [-0.1, -0.05) is 23.7 Å². The average Bonchev–Trinajstić information content (AvgIpc) is 3.03. The Hall–Kier alpha value is -1.85. The first-order chi connectivity index (χ1) is 10.1. The summed E-state index contributed by atoms with van der Waals surface area (Å²) in [6.45, 7) is 3.33. The van der Waals surface area contributed by atoms with E-state index in [4.69, 9.17) is 11.6 Å². The minimum atomic E-state index is 0.0990. The van der Waals surface area contributed by atoms with Crippen molar-refractivity contribution in [3.8, 4) is 0 Å². The van der Waals surface area contributed by atoms with Crippen molar-refractivity contribution in [1.29, 1.82) is 0 Å². The van der Waals surface area contributed by atoms with Gasteiger partial charge in [0.05, 0.1) is 22.6 Å². The van der Waals surface area contributed by atoms with E-state index in [2.05, 4.69) is 15.5 Å². The van der Waals surface area contributed by atoms with E-state index in [0.29, 0.717) is 24.5 Å². The van der Waals surface area contributed by atoms with Crippen molar-refractivity contribution < 1.29 is 4.79 Å². The Morgan fingerprint density at radius 3 is 3.00 bits per heavy atom. The molecular weight excluding hydrogens is 288 g/mol. The molecule has 0 radical (unpaired) electrons. The highest BCUT2D eigenvalue weighted by Gasteiger charge is 2.31. The number of nitrogens with one attached hydrogen (secondary N) is 2. The van der Waals surface area contributed by atoms with Crippen LogP contribution in [-0.2, 0) is 11.3 Å². The van der Waals surface area contributed by atoms with Gasteiger partial charge >= 0.3 is 0 Å². The number of aromatic nitrogens is 2. The van der Waals surface area contributed by atoms with Crippen LogP contribution in [0.25, 0.3) is 0 Å². The highest BCUT2D eigenvalue weighted by Crippen LogP contribution is 2.29. The minimum absolute atomic E-state index is 0.0990. The highest BCUT2D eigenvalue weighted by atomic mass is 35.5. The van der Waals surface area contributed by atoms with Crippen molar-refractivity contribution in [1.82, 2.24) is 15.5 Å². The highest BCUT2D eigenvalue weighted by molar-refractivity contribution is 6.33. The predicted octanol–water partition coefficient (Wildman–Crippen LogP) is 2.27. The Balaban J connectivity index is 1.65. The Morgan fingerprint density at radius 1 is 1.48 bits per heavy atom. The molecule has 3 rings (SSSR count). The topological polar surface area (TPSA) is 61.0 Å². The second-order valence-electron chi connectivity index (χ2n) is 5.27. The molecule has 1 fully saturated rings. The predicted molar refractivity (Wildman–Crippen MR) is 82.4 cm³/mol. The molecule has 2 aromatic rings. The maximum absolute atomic E-state index is 12.2. The zero-order valence-corrected chi connectivity index (χ0v) is 12.5. The number of nitrogens with zero attached hydrogens (tertiary/aromatic N) is 2. The van der Waals surface area contributed by atoms with Crippen LogP contribution in [0.1, 0.15) is 17.7 Å². The zero-order chi connectivity index (χ0) is 14.8. The number of H-pyrrole nitrogens is 1. The van der Waals surface area contributed by atoms with Crippen LogP contribution in [-0.4, -0.2) is 28.7 Å². The number of hydrogen-bond acceptors (Lipinski definition) is 3. The first kappa shape index (κ1) is 14.1. The van der Waals surface area contributed by atoms with Crippen LogP contribution in [0.3, 0.4) is 0 Å². The lowest BCUT2D eigenvalue weighted by Crippen LogP contribution is -2.32. The standard InChI is InChI=1S/C15H17ClN4O/c1-10-7-18-19-13(10)8-17-11-6-15(21)20(9-11)14-5-3-2-4-12(14)16/h2-5,7,11,17H,6,8-9H2,1H3,(H,18,19). The van der Waals surface area contributed by atoms with Crippen molar-refractivity contribution in [2.45, 2.75) is 25.9 Å². The van der Waals surface area contributed by atoms with Gasteiger partial charge < -0.3 is 10.2 Å². The molecule has 0 spiro atoms. The van der Waals surface area contributed by atoms with Crippen molar-refractivity contribution in [3.05, 3.63) is 46.7 Å². The molecule has 1 amide bonds. The number of hydrogen-bond donors (Lipinski definition) is 2. The number of amides is 1. The summed E-state index contributed by atoms with van der Waals surface area (Å²) in [4.78, 5) is 13.9. The lowest BCUT2D eigenvalue weighted by molar-refractivity contribution is -0.117. The first-order valence-corrected chi connectivity index (χ1v) is 7.30. The van der Waals surface area contributed by atoms with Gasteiger partial charge in [-0.15, -0.1) is 0 Å². The molecular formula is C15H17ClN4O. The Bertz CT molecular complexity index is 655. The summed E-state index contributed by atoms with van der Waals surface area (Å²) in [5.41, 5.74) is 2.96. The zero-order valence-electron chi connectivity index (χ0n) is 11.8. The lowest BCUT2D eigenvalue weighted by Gasteiger charge is -2.18. The molecule has 6 heteroatoms. The normalized spacial score (nSPS) is 18.5. The number of halogens is 1. The molecule has 21 heavy (non-hydrogen) atoms. The molecule has 0 saturated carbocycles. The number of carbonyl (C=O) groups excluding carboxylic acids is 1. The number of rotatable bonds is 4. The van der Waals surface area contributed by atoms with Gasteiger partial charge in [-0.05, 0) is 24.6 Å². The molecule has 1 unspecified atom stereocenters. The fourth-order valence-corrected chi connectivity index (χ4v) is 2.78. The second kappa shape index (κ2) is 5.87. The summed E-state index contributed by atoms with van der Waals surface area (Å²) in [5, 5.41) is 11.0. The molecule has 1 atom stereocenters. The van der Waals surface area contributed by atoms with Gasteiger partial charge in [0.25, 0.3) is 0 Å². The van der Waals surface area contributed by atoms with E-state index in [0.717, 1.165) is 16.9 Å². The van der Waals surface area contributed by atoms with Crippen LogP contribution in [0.5, 0.6) is 0 Å². The summed E-state index contributed by atoms with van der Waals surface area (Å²) in [6.07, 6.45) is 2.28. The fraction of sp³-hybridized carbons (Fsp3) is 0.333. The molecule has 5 nitrogen and oxygen atoms in total. The van der Waals surface area contributed by atoms with Crippen LogP contribution in [0, 0.1) is 6.92 Å². The van der Waals surface area contributed by atoms with E-state index >= 15 is 0 Å². The molecule has 2 heterocycles. The van der Waals surface area contributed by atoms with Crippen molar-refractivity contribution in [2.24, 2.45) is 0 Å². The largest absolute Gasteiger partial charge is 0.309 e. The number of carbonyl (C=O) groups is 1. The summed E-state index contributed by atoms with van der Waals surface area (Å²) in [5.74, 6) is 0.0990. The molecule has 1 saturated heterocycles. The maximum atomic E-state index is 12.2. The molecule has 1 aromatic heterocycles. The summed E-state index contributed by atoms with van der Waals surface area (Å²) in [6, 6.07) is 7.56. The van der Waals surface area contributed by atoms with Gasteiger partial charge in [0.1, 0.15) is 0 Å². The van der Waals surface area contributed by atoms with Crippen LogP contribution in [0.15, 0.2) is 30.5 Å². The second-order valence-corrected chi connectivity index (χ2v) is 5.68. The maximum Gasteiger partial charge on any atom is 0.228 e. The number of aromatic amines is 1. The Labute approximate surface area is 128 Å².